The fourth-order valence-corrected chi connectivity index (χ4v) is 2.18. The molecule has 0 fully saturated rings. The van der Waals surface area contributed by atoms with Crippen molar-refractivity contribution in [3.63, 3.8) is 0 Å². The van der Waals surface area contributed by atoms with Crippen LogP contribution in [0.1, 0.15) is 45.1 Å². The summed E-state index contributed by atoms with van der Waals surface area (Å²) in [6.07, 6.45) is 4.79. The Labute approximate surface area is 118 Å². The van der Waals surface area contributed by atoms with Gasteiger partial charge in [0, 0.05) is 4.47 Å². The lowest BCUT2D eigenvalue weighted by Crippen LogP contribution is -2.11. The molecule has 1 unspecified atom stereocenters. The Balaban J connectivity index is 2.59. The van der Waals surface area contributed by atoms with Gasteiger partial charge in [0.2, 0.25) is 0 Å². The highest BCUT2D eigenvalue weighted by atomic mass is 79.9. The van der Waals surface area contributed by atoms with E-state index in [-0.39, 0.29) is 0 Å². The second kappa shape index (κ2) is 8.16. The van der Waals surface area contributed by atoms with Crippen molar-refractivity contribution in [3.05, 3.63) is 28.2 Å². The Morgan fingerprint density at radius 3 is 2.78 bits per heavy atom. The fourth-order valence-electron chi connectivity index (χ4n) is 1.82. The van der Waals surface area contributed by atoms with Crippen LogP contribution in [0.25, 0.3) is 0 Å². The minimum Gasteiger partial charge on any atom is -0.492 e. The summed E-state index contributed by atoms with van der Waals surface area (Å²) in [7, 11) is 0. The normalized spacial score (nSPS) is 11.9. The molecule has 0 saturated carbocycles. The van der Waals surface area contributed by atoms with E-state index in [0.717, 1.165) is 10.9 Å². The van der Waals surface area contributed by atoms with Gasteiger partial charge in [0.25, 0.3) is 0 Å². The van der Waals surface area contributed by atoms with Crippen molar-refractivity contribution >= 4 is 15.9 Å². The van der Waals surface area contributed by atoms with E-state index in [1.54, 1.807) is 6.07 Å². The summed E-state index contributed by atoms with van der Waals surface area (Å²) in [5.74, 6) is 1.27. The zero-order valence-electron chi connectivity index (χ0n) is 11.1. The topological polar surface area (TPSA) is 33.0 Å². The molecule has 0 radical (unpaired) electrons. The summed E-state index contributed by atoms with van der Waals surface area (Å²) in [5.41, 5.74) is 0.592. The lowest BCUT2D eigenvalue weighted by atomic mass is 10.0. The first-order chi connectivity index (χ1) is 8.71. The van der Waals surface area contributed by atoms with Gasteiger partial charge >= 0.3 is 0 Å². The van der Waals surface area contributed by atoms with E-state index in [0.29, 0.717) is 23.8 Å². The van der Waals surface area contributed by atoms with Crippen LogP contribution < -0.4 is 4.74 Å². The number of unbranched alkanes of at least 4 members (excludes halogenated alkanes) is 1. The molecule has 0 aliphatic rings. The molecular formula is C15H20BrNO. The van der Waals surface area contributed by atoms with Crippen LogP contribution in [0.15, 0.2) is 22.7 Å². The Morgan fingerprint density at radius 2 is 2.17 bits per heavy atom. The number of hydrogen-bond acceptors (Lipinski definition) is 2. The van der Waals surface area contributed by atoms with Gasteiger partial charge in [-0.1, -0.05) is 49.0 Å². The number of nitriles is 1. The summed E-state index contributed by atoms with van der Waals surface area (Å²) in [4.78, 5) is 0. The third kappa shape index (κ3) is 4.70. The number of nitrogens with zero attached hydrogens (tertiary/aromatic N) is 1. The van der Waals surface area contributed by atoms with Crippen molar-refractivity contribution in [2.24, 2.45) is 5.92 Å². The SMILES string of the molecule is CCCCC(CC)COc1ccc(Br)cc1C#N. The average Bonchev–Trinajstić information content (AvgIpc) is 2.40. The maximum absolute atomic E-state index is 9.06. The van der Waals surface area contributed by atoms with E-state index in [4.69, 9.17) is 10.00 Å². The summed E-state index contributed by atoms with van der Waals surface area (Å²) in [6.45, 7) is 5.10. The Hall–Kier alpha value is -1.01. The van der Waals surface area contributed by atoms with Crippen LogP contribution in [-0.2, 0) is 0 Å². The molecule has 18 heavy (non-hydrogen) atoms. The van der Waals surface area contributed by atoms with Crippen LogP contribution in [0.4, 0.5) is 0 Å². The molecule has 0 spiro atoms. The first-order valence-electron chi connectivity index (χ1n) is 6.53. The lowest BCUT2D eigenvalue weighted by molar-refractivity contribution is 0.233. The molecule has 0 saturated heterocycles. The molecule has 0 bridgehead atoms. The minimum absolute atomic E-state index is 0.583. The van der Waals surface area contributed by atoms with E-state index >= 15 is 0 Å². The van der Waals surface area contributed by atoms with E-state index < -0.39 is 0 Å². The first kappa shape index (κ1) is 15.0. The van der Waals surface area contributed by atoms with Gasteiger partial charge in [-0.3, -0.25) is 0 Å². The molecule has 3 heteroatoms. The van der Waals surface area contributed by atoms with E-state index in [9.17, 15) is 0 Å². The zero-order chi connectivity index (χ0) is 13.4. The van der Waals surface area contributed by atoms with E-state index in [2.05, 4.69) is 35.8 Å². The monoisotopic (exact) mass is 309 g/mol. The third-order valence-corrected chi connectivity index (χ3v) is 3.57. The fraction of sp³-hybridized carbons (Fsp3) is 0.533. The molecule has 1 atom stereocenters. The Bertz CT molecular complexity index is 411. The van der Waals surface area contributed by atoms with Gasteiger partial charge in [-0.2, -0.15) is 5.26 Å². The highest BCUT2D eigenvalue weighted by molar-refractivity contribution is 9.10. The van der Waals surface area contributed by atoms with E-state index in [1.807, 2.05) is 12.1 Å². The molecule has 0 aliphatic carbocycles. The van der Waals surface area contributed by atoms with Gasteiger partial charge < -0.3 is 4.74 Å². The second-order valence-electron chi connectivity index (χ2n) is 4.48. The van der Waals surface area contributed by atoms with Gasteiger partial charge in [-0.25, -0.2) is 0 Å². The van der Waals surface area contributed by atoms with Crippen LogP contribution in [0, 0.1) is 17.2 Å². The van der Waals surface area contributed by atoms with Gasteiger partial charge in [-0.05, 0) is 30.5 Å². The smallest absolute Gasteiger partial charge is 0.137 e. The van der Waals surface area contributed by atoms with Crippen molar-refractivity contribution < 1.29 is 4.74 Å². The van der Waals surface area contributed by atoms with Crippen molar-refractivity contribution in [3.8, 4) is 11.8 Å². The molecule has 1 rings (SSSR count). The predicted octanol–water partition coefficient (Wildman–Crippen LogP) is 4.92. The quantitative estimate of drug-likeness (QED) is 0.716. The first-order valence-corrected chi connectivity index (χ1v) is 7.33. The van der Waals surface area contributed by atoms with Crippen LogP contribution >= 0.6 is 15.9 Å². The third-order valence-electron chi connectivity index (χ3n) is 3.08. The zero-order valence-corrected chi connectivity index (χ0v) is 12.7. The van der Waals surface area contributed by atoms with Crippen LogP contribution in [0.2, 0.25) is 0 Å². The summed E-state index contributed by atoms with van der Waals surface area (Å²) in [5, 5.41) is 9.06. The molecule has 98 valence electrons. The van der Waals surface area contributed by atoms with E-state index in [1.165, 1.54) is 19.3 Å². The average molecular weight is 310 g/mol. The van der Waals surface area contributed by atoms with Crippen molar-refractivity contribution in [2.75, 3.05) is 6.61 Å². The number of hydrogen-bond donors (Lipinski definition) is 0. The molecular weight excluding hydrogens is 290 g/mol. The number of halogens is 1. The van der Waals surface area contributed by atoms with Gasteiger partial charge in [0.05, 0.1) is 12.2 Å². The summed E-state index contributed by atoms with van der Waals surface area (Å²) in [6, 6.07) is 7.72. The summed E-state index contributed by atoms with van der Waals surface area (Å²) < 4.78 is 6.70. The number of ether oxygens (including phenoxy) is 1. The maximum atomic E-state index is 9.06. The van der Waals surface area contributed by atoms with Gasteiger partial charge in [0.1, 0.15) is 11.8 Å². The van der Waals surface area contributed by atoms with Crippen LogP contribution in [-0.4, -0.2) is 6.61 Å². The molecule has 0 aromatic heterocycles. The van der Waals surface area contributed by atoms with Gasteiger partial charge in [-0.15, -0.1) is 0 Å². The van der Waals surface area contributed by atoms with Gasteiger partial charge in [0.15, 0.2) is 0 Å². The van der Waals surface area contributed by atoms with Crippen LogP contribution in [0.3, 0.4) is 0 Å². The molecule has 0 heterocycles. The number of rotatable bonds is 7. The maximum Gasteiger partial charge on any atom is 0.137 e. The predicted molar refractivity (Wildman–Crippen MR) is 77.7 cm³/mol. The minimum atomic E-state index is 0.583. The Kier molecular flexibility index (Phi) is 6.82. The highest BCUT2D eigenvalue weighted by Gasteiger charge is 2.09. The number of benzene rings is 1. The van der Waals surface area contributed by atoms with Crippen molar-refractivity contribution in [1.29, 1.82) is 5.26 Å². The van der Waals surface area contributed by atoms with Crippen molar-refractivity contribution in [1.82, 2.24) is 0 Å². The van der Waals surface area contributed by atoms with Crippen molar-refractivity contribution in [2.45, 2.75) is 39.5 Å². The lowest BCUT2D eigenvalue weighted by Gasteiger charge is -2.16. The molecule has 0 amide bonds. The molecule has 1 aromatic carbocycles. The van der Waals surface area contributed by atoms with Crippen LogP contribution in [0.5, 0.6) is 5.75 Å². The largest absolute Gasteiger partial charge is 0.492 e. The standard InChI is InChI=1S/C15H20BrNO/c1-3-5-6-12(4-2)11-18-15-8-7-14(16)9-13(15)10-17/h7-9,12H,3-6,11H2,1-2H3. The Morgan fingerprint density at radius 1 is 1.39 bits per heavy atom. The summed E-state index contributed by atoms with van der Waals surface area (Å²) >= 11 is 3.36. The molecule has 0 N–H and O–H groups in total. The molecule has 1 aromatic rings. The highest BCUT2D eigenvalue weighted by Crippen LogP contribution is 2.24. The molecule has 2 nitrogen and oxygen atoms in total. The molecule has 0 aliphatic heterocycles. The second-order valence-corrected chi connectivity index (χ2v) is 5.40.